The van der Waals surface area contributed by atoms with Gasteiger partial charge in [0.2, 0.25) is 27.7 Å². The fourth-order valence-corrected chi connectivity index (χ4v) is 5.01. The van der Waals surface area contributed by atoms with Crippen molar-refractivity contribution in [3.05, 3.63) is 60.2 Å². The molecule has 188 valence electrons. The smallest absolute Gasteiger partial charge is 0.241 e. The van der Waals surface area contributed by atoms with Gasteiger partial charge in [0.05, 0.1) is 11.9 Å². The molecule has 0 aromatic heterocycles. The van der Waals surface area contributed by atoms with Gasteiger partial charge in [0.15, 0.2) is 0 Å². The van der Waals surface area contributed by atoms with Gasteiger partial charge < -0.3 is 9.80 Å². The average molecular weight is 500 g/mol. The zero-order chi connectivity index (χ0) is 25.8. The van der Waals surface area contributed by atoms with Crippen LogP contribution in [0.4, 0.5) is 11.4 Å². The molecule has 0 N–H and O–H groups in total. The molecule has 1 saturated carbocycles. The third kappa shape index (κ3) is 6.91. The highest BCUT2D eigenvalue weighted by atomic mass is 32.2. The molecule has 0 heterocycles. The summed E-state index contributed by atoms with van der Waals surface area (Å²) in [6.45, 7) is 3.90. The van der Waals surface area contributed by atoms with Gasteiger partial charge in [0, 0.05) is 45.1 Å². The summed E-state index contributed by atoms with van der Waals surface area (Å²) >= 11 is 0. The summed E-state index contributed by atoms with van der Waals surface area (Å²) in [6, 6.07) is 15.8. The molecule has 8 nitrogen and oxygen atoms in total. The van der Waals surface area contributed by atoms with Crippen molar-refractivity contribution in [2.75, 3.05) is 22.5 Å². The highest BCUT2D eigenvalue weighted by Crippen LogP contribution is 2.36. The molecule has 3 rings (SSSR count). The topological polar surface area (TPSA) is 95.1 Å². The Morgan fingerprint density at radius 3 is 1.97 bits per heavy atom. The SMILES string of the molecule is CC(=O)N(C)c1ccc(N(C(=O)CCC(=O)N(Cc2ccccc2)C(C)C2CC2)S(C)(=O)=O)cc1. The number of rotatable bonds is 10. The number of hydrogen-bond donors (Lipinski definition) is 0. The average Bonchev–Trinajstić information content (AvgIpc) is 3.66. The Bertz CT molecular complexity index is 1160. The molecule has 1 aliphatic carbocycles. The largest absolute Gasteiger partial charge is 0.335 e. The second kappa shape index (κ2) is 11.0. The van der Waals surface area contributed by atoms with E-state index in [2.05, 4.69) is 0 Å². The molecule has 1 atom stereocenters. The van der Waals surface area contributed by atoms with E-state index in [1.165, 1.54) is 24.0 Å². The lowest BCUT2D eigenvalue weighted by Gasteiger charge is -2.30. The first-order valence-electron chi connectivity index (χ1n) is 11.7. The molecule has 35 heavy (non-hydrogen) atoms. The zero-order valence-electron chi connectivity index (χ0n) is 20.7. The van der Waals surface area contributed by atoms with Crippen LogP contribution < -0.4 is 9.21 Å². The number of carbonyl (C=O) groups excluding carboxylic acids is 3. The predicted octanol–water partition coefficient (Wildman–Crippen LogP) is 3.57. The number of sulfonamides is 1. The summed E-state index contributed by atoms with van der Waals surface area (Å²) in [5.41, 5.74) is 1.74. The maximum atomic E-state index is 13.2. The number of carbonyl (C=O) groups is 3. The minimum atomic E-state index is -3.92. The van der Waals surface area contributed by atoms with E-state index in [0.29, 0.717) is 18.2 Å². The van der Waals surface area contributed by atoms with Crippen LogP contribution in [0.15, 0.2) is 54.6 Å². The number of amides is 3. The van der Waals surface area contributed by atoms with Crippen molar-refractivity contribution >= 4 is 39.1 Å². The van der Waals surface area contributed by atoms with E-state index in [4.69, 9.17) is 0 Å². The van der Waals surface area contributed by atoms with E-state index in [1.807, 2.05) is 37.3 Å². The molecule has 3 amide bonds. The molecule has 0 bridgehead atoms. The van der Waals surface area contributed by atoms with E-state index in [-0.39, 0.29) is 36.4 Å². The Morgan fingerprint density at radius 2 is 1.46 bits per heavy atom. The van der Waals surface area contributed by atoms with Crippen LogP contribution in [0.3, 0.4) is 0 Å². The van der Waals surface area contributed by atoms with Crippen LogP contribution in [0.2, 0.25) is 0 Å². The maximum absolute atomic E-state index is 13.2. The van der Waals surface area contributed by atoms with Gasteiger partial charge in [-0.3, -0.25) is 14.4 Å². The highest BCUT2D eigenvalue weighted by Gasteiger charge is 2.35. The fourth-order valence-electron chi connectivity index (χ4n) is 4.05. The minimum absolute atomic E-state index is 0.0506. The van der Waals surface area contributed by atoms with Crippen molar-refractivity contribution in [3.8, 4) is 0 Å². The molecular formula is C26H33N3O5S. The van der Waals surface area contributed by atoms with Gasteiger partial charge >= 0.3 is 0 Å². The van der Waals surface area contributed by atoms with Crippen molar-refractivity contribution in [2.24, 2.45) is 5.92 Å². The number of anilines is 2. The summed E-state index contributed by atoms with van der Waals surface area (Å²) in [5.74, 6) is -0.564. The molecule has 0 saturated heterocycles. The van der Waals surface area contributed by atoms with Crippen LogP contribution in [-0.2, 0) is 31.0 Å². The van der Waals surface area contributed by atoms with Crippen LogP contribution >= 0.6 is 0 Å². The fraction of sp³-hybridized carbons (Fsp3) is 0.423. The van der Waals surface area contributed by atoms with Crippen molar-refractivity contribution in [2.45, 2.75) is 52.1 Å². The summed E-state index contributed by atoms with van der Waals surface area (Å²) < 4.78 is 25.7. The van der Waals surface area contributed by atoms with Crippen molar-refractivity contribution < 1.29 is 22.8 Å². The van der Waals surface area contributed by atoms with Crippen molar-refractivity contribution in [1.29, 1.82) is 0 Å². The number of nitrogens with zero attached hydrogens (tertiary/aromatic N) is 3. The van der Waals surface area contributed by atoms with E-state index in [0.717, 1.165) is 29.0 Å². The Morgan fingerprint density at radius 1 is 0.914 bits per heavy atom. The lowest BCUT2D eigenvalue weighted by Crippen LogP contribution is -2.41. The Balaban J connectivity index is 1.73. The second-order valence-corrected chi connectivity index (χ2v) is 10.9. The first-order chi connectivity index (χ1) is 16.5. The van der Waals surface area contributed by atoms with Crippen LogP contribution in [-0.4, -0.2) is 50.4 Å². The van der Waals surface area contributed by atoms with Gasteiger partial charge in [-0.15, -0.1) is 0 Å². The monoisotopic (exact) mass is 499 g/mol. The van der Waals surface area contributed by atoms with Crippen molar-refractivity contribution in [3.63, 3.8) is 0 Å². The Kier molecular flexibility index (Phi) is 8.32. The summed E-state index contributed by atoms with van der Waals surface area (Å²) in [4.78, 5) is 41.0. The third-order valence-corrected chi connectivity index (χ3v) is 7.44. The third-order valence-electron chi connectivity index (χ3n) is 6.37. The summed E-state index contributed by atoms with van der Waals surface area (Å²) in [5, 5.41) is 0. The van der Waals surface area contributed by atoms with Gasteiger partial charge in [-0.05, 0) is 55.5 Å². The van der Waals surface area contributed by atoms with E-state index in [1.54, 1.807) is 24.1 Å². The van der Waals surface area contributed by atoms with Gasteiger partial charge in [0.25, 0.3) is 0 Å². The molecule has 9 heteroatoms. The molecular weight excluding hydrogens is 466 g/mol. The summed E-state index contributed by atoms with van der Waals surface area (Å²) in [7, 11) is -2.32. The van der Waals surface area contributed by atoms with Gasteiger partial charge in [-0.1, -0.05) is 30.3 Å². The van der Waals surface area contributed by atoms with Crippen molar-refractivity contribution in [1.82, 2.24) is 4.90 Å². The van der Waals surface area contributed by atoms with E-state index < -0.39 is 15.9 Å². The van der Waals surface area contributed by atoms with Crippen LogP contribution in [0.5, 0.6) is 0 Å². The van der Waals surface area contributed by atoms with Crippen LogP contribution in [0.25, 0.3) is 0 Å². The number of hydrogen-bond acceptors (Lipinski definition) is 5. The maximum Gasteiger partial charge on any atom is 0.241 e. The van der Waals surface area contributed by atoms with Gasteiger partial charge in [0.1, 0.15) is 0 Å². The molecule has 0 aliphatic heterocycles. The molecule has 2 aromatic carbocycles. The predicted molar refractivity (Wildman–Crippen MR) is 136 cm³/mol. The quantitative estimate of drug-likeness (QED) is 0.498. The Hall–Kier alpha value is -3.20. The molecule has 1 aliphatic rings. The van der Waals surface area contributed by atoms with Gasteiger partial charge in [-0.2, -0.15) is 0 Å². The second-order valence-electron chi connectivity index (χ2n) is 9.10. The zero-order valence-corrected chi connectivity index (χ0v) is 21.5. The lowest BCUT2D eigenvalue weighted by atomic mass is 10.1. The van der Waals surface area contributed by atoms with Crippen LogP contribution in [0, 0.1) is 5.92 Å². The normalized spacial score (nSPS) is 14.2. The first kappa shape index (κ1) is 26.4. The lowest BCUT2D eigenvalue weighted by molar-refractivity contribution is -0.136. The molecule has 0 spiro atoms. The molecule has 1 fully saturated rings. The molecule has 1 unspecified atom stereocenters. The molecule has 2 aromatic rings. The van der Waals surface area contributed by atoms with Gasteiger partial charge in [-0.25, -0.2) is 12.7 Å². The Labute approximate surface area is 207 Å². The first-order valence-corrected chi connectivity index (χ1v) is 13.5. The minimum Gasteiger partial charge on any atom is -0.335 e. The van der Waals surface area contributed by atoms with Crippen LogP contribution in [0.1, 0.15) is 45.1 Å². The highest BCUT2D eigenvalue weighted by molar-refractivity contribution is 7.92. The number of benzene rings is 2. The summed E-state index contributed by atoms with van der Waals surface area (Å²) in [6.07, 6.45) is 2.80. The molecule has 0 radical (unpaired) electrons. The van der Waals surface area contributed by atoms with E-state index in [9.17, 15) is 22.8 Å². The standard InChI is InChI=1S/C26H33N3O5S/c1-19(22-10-11-22)28(18-21-8-6-5-7-9-21)25(31)16-17-26(32)29(35(4,33)34)24-14-12-23(13-15-24)27(3)20(2)30/h5-9,12-15,19,22H,10-11,16-18H2,1-4H3. The van der Waals surface area contributed by atoms with E-state index >= 15 is 0 Å².